The predicted molar refractivity (Wildman–Crippen MR) is 85.9 cm³/mol. The molecule has 0 saturated carbocycles. The van der Waals surface area contributed by atoms with E-state index in [2.05, 4.69) is 59.0 Å². The molecule has 0 saturated heterocycles. The summed E-state index contributed by atoms with van der Waals surface area (Å²) in [7, 11) is 0. The van der Waals surface area contributed by atoms with Gasteiger partial charge in [0, 0.05) is 6.54 Å². The third-order valence-electron chi connectivity index (χ3n) is 4.28. The number of rotatable bonds is 7. The highest BCUT2D eigenvalue weighted by atomic mass is 14.9. The maximum Gasteiger partial charge on any atom is 0.000825 e. The first-order valence-electron chi connectivity index (χ1n) is 7.69. The van der Waals surface area contributed by atoms with Crippen LogP contribution in [0.25, 0.3) is 0 Å². The number of aryl methyl sites for hydroxylation is 3. The molecule has 1 aromatic rings. The van der Waals surface area contributed by atoms with Crippen LogP contribution < -0.4 is 5.32 Å². The second-order valence-corrected chi connectivity index (χ2v) is 6.40. The number of hydrogen-bond donors (Lipinski definition) is 1. The van der Waals surface area contributed by atoms with Gasteiger partial charge in [-0.05, 0) is 68.7 Å². The van der Waals surface area contributed by atoms with E-state index in [1.165, 1.54) is 36.0 Å². The van der Waals surface area contributed by atoms with Crippen molar-refractivity contribution in [3.63, 3.8) is 0 Å². The minimum atomic E-state index is 0.361. The number of hydrogen-bond acceptors (Lipinski definition) is 1. The van der Waals surface area contributed by atoms with Gasteiger partial charge < -0.3 is 5.32 Å². The molecule has 1 aromatic carbocycles. The molecule has 19 heavy (non-hydrogen) atoms. The van der Waals surface area contributed by atoms with Crippen LogP contribution in [0.5, 0.6) is 0 Å². The van der Waals surface area contributed by atoms with Gasteiger partial charge in [-0.25, -0.2) is 0 Å². The number of nitrogens with one attached hydrogen (secondary N) is 1. The van der Waals surface area contributed by atoms with Crippen molar-refractivity contribution >= 4 is 0 Å². The summed E-state index contributed by atoms with van der Waals surface area (Å²) in [6, 6.07) is 4.63. The molecule has 0 aliphatic heterocycles. The second-order valence-electron chi connectivity index (χ2n) is 6.40. The summed E-state index contributed by atoms with van der Waals surface area (Å²) in [6.07, 6.45) is 3.61. The molecule has 1 heteroatoms. The Morgan fingerprint density at radius 3 is 2.11 bits per heavy atom. The fraction of sp³-hybridized carbons (Fsp3) is 0.667. The maximum atomic E-state index is 3.60. The normalized spacial score (nSPS) is 14.4. The van der Waals surface area contributed by atoms with E-state index in [1.807, 2.05) is 0 Å². The van der Waals surface area contributed by atoms with Crippen molar-refractivity contribution in [2.45, 2.75) is 60.8 Å². The third kappa shape index (κ3) is 4.65. The van der Waals surface area contributed by atoms with Gasteiger partial charge in [0.05, 0.1) is 0 Å². The van der Waals surface area contributed by atoms with Crippen LogP contribution in [0.3, 0.4) is 0 Å². The lowest BCUT2D eigenvalue weighted by Crippen LogP contribution is -2.34. The molecule has 1 atom stereocenters. The molecule has 0 radical (unpaired) electrons. The Labute approximate surface area is 119 Å². The van der Waals surface area contributed by atoms with Gasteiger partial charge in [0.1, 0.15) is 0 Å². The SMILES string of the molecule is CCCNCC(C)(CC)Cc1c(C)cc(C)cc1C. The Hall–Kier alpha value is -0.820. The van der Waals surface area contributed by atoms with E-state index in [1.54, 1.807) is 5.56 Å². The molecular formula is C18H31N. The van der Waals surface area contributed by atoms with Crippen molar-refractivity contribution in [2.24, 2.45) is 5.41 Å². The first-order chi connectivity index (χ1) is 8.91. The lowest BCUT2D eigenvalue weighted by molar-refractivity contribution is 0.290. The summed E-state index contributed by atoms with van der Waals surface area (Å²) in [5.74, 6) is 0. The monoisotopic (exact) mass is 261 g/mol. The van der Waals surface area contributed by atoms with Crippen molar-refractivity contribution < 1.29 is 0 Å². The molecule has 0 aromatic heterocycles. The van der Waals surface area contributed by atoms with E-state index in [-0.39, 0.29) is 0 Å². The Morgan fingerprint density at radius 2 is 1.63 bits per heavy atom. The fourth-order valence-corrected chi connectivity index (χ4v) is 2.79. The molecule has 1 N–H and O–H groups in total. The van der Waals surface area contributed by atoms with Gasteiger partial charge in [-0.1, -0.05) is 38.5 Å². The molecular weight excluding hydrogens is 230 g/mol. The maximum absolute atomic E-state index is 3.60. The Morgan fingerprint density at radius 1 is 1.05 bits per heavy atom. The summed E-state index contributed by atoms with van der Waals surface area (Å²) in [5, 5.41) is 3.60. The standard InChI is InChI=1S/C18H31N/c1-7-9-19-13-18(6,8-2)12-17-15(4)10-14(3)11-16(17)5/h10-11,19H,7-9,12-13H2,1-6H3. The molecule has 0 aliphatic rings. The Kier molecular flexibility index (Phi) is 6.06. The van der Waals surface area contributed by atoms with Crippen LogP contribution in [0.1, 0.15) is 55.9 Å². The molecule has 0 aliphatic carbocycles. The Balaban J connectivity index is 2.86. The summed E-state index contributed by atoms with van der Waals surface area (Å²) < 4.78 is 0. The molecule has 1 nitrogen and oxygen atoms in total. The van der Waals surface area contributed by atoms with E-state index >= 15 is 0 Å². The van der Waals surface area contributed by atoms with Crippen LogP contribution in [0.4, 0.5) is 0 Å². The van der Waals surface area contributed by atoms with E-state index < -0.39 is 0 Å². The summed E-state index contributed by atoms with van der Waals surface area (Å²) >= 11 is 0. The van der Waals surface area contributed by atoms with Gasteiger partial charge in [0.15, 0.2) is 0 Å². The quantitative estimate of drug-likeness (QED) is 0.709. The minimum absolute atomic E-state index is 0.361. The van der Waals surface area contributed by atoms with Crippen molar-refractivity contribution in [1.82, 2.24) is 5.32 Å². The van der Waals surface area contributed by atoms with Crippen molar-refractivity contribution in [1.29, 1.82) is 0 Å². The first kappa shape index (κ1) is 16.2. The van der Waals surface area contributed by atoms with Crippen LogP contribution in [-0.2, 0) is 6.42 Å². The van der Waals surface area contributed by atoms with Gasteiger partial charge in [-0.3, -0.25) is 0 Å². The highest BCUT2D eigenvalue weighted by Crippen LogP contribution is 2.29. The average Bonchev–Trinajstić information content (AvgIpc) is 2.34. The van der Waals surface area contributed by atoms with E-state index in [9.17, 15) is 0 Å². The number of benzene rings is 1. The zero-order valence-electron chi connectivity index (χ0n) is 13.7. The average molecular weight is 261 g/mol. The fourth-order valence-electron chi connectivity index (χ4n) is 2.79. The minimum Gasteiger partial charge on any atom is -0.316 e. The van der Waals surface area contributed by atoms with Gasteiger partial charge >= 0.3 is 0 Å². The summed E-state index contributed by atoms with van der Waals surface area (Å²) in [5.41, 5.74) is 6.19. The molecule has 1 unspecified atom stereocenters. The molecule has 108 valence electrons. The predicted octanol–water partition coefficient (Wildman–Crippen LogP) is 4.57. The lowest BCUT2D eigenvalue weighted by atomic mass is 9.78. The highest BCUT2D eigenvalue weighted by Gasteiger charge is 2.23. The first-order valence-corrected chi connectivity index (χ1v) is 7.69. The lowest BCUT2D eigenvalue weighted by Gasteiger charge is -2.30. The zero-order valence-corrected chi connectivity index (χ0v) is 13.7. The van der Waals surface area contributed by atoms with Crippen LogP contribution in [0.15, 0.2) is 12.1 Å². The van der Waals surface area contributed by atoms with E-state index in [4.69, 9.17) is 0 Å². The van der Waals surface area contributed by atoms with Crippen molar-refractivity contribution in [3.8, 4) is 0 Å². The topological polar surface area (TPSA) is 12.0 Å². The molecule has 0 amide bonds. The van der Waals surface area contributed by atoms with Crippen molar-refractivity contribution in [3.05, 3.63) is 34.4 Å². The molecule has 0 heterocycles. The van der Waals surface area contributed by atoms with Crippen LogP contribution in [0.2, 0.25) is 0 Å². The molecule has 1 rings (SSSR count). The highest BCUT2D eigenvalue weighted by molar-refractivity contribution is 5.38. The molecule has 0 bridgehead atoms. The van der Waals surface area contributed by atoms with Gasteiger partial charge in [0.25, 0.3) is 0 Å². The second kappa shape index (κ2) is 7.09. The van der Waals surface area contributed by atoms with Crippen LogP contribution >= 0.6 is 0 Å². The molecule has 0 spiro atoms. The smallest absolute Gasteiger partial charge is 0.000825 e. The summed E-state index contributed by atoms with van der Waals surface area (Å²) in [6.45, 7) is 15.9. The van der Waals surface area contributed by atoms with Gasteiger partial charge in [0.2, 0.25) is 0 Å². The van der Waals surface area contributed by atoms with Crippen molar-refractivity contribution in [2.75, 3.05) is 13.1 Å². The van der Waals surface area contributed by atoms with E-state index in [0.717, 1.165) is 13.1 Å². The summed E-state index contributed by atoms with van der Waals surface area (Å²) in [4.78, 5) is 0. The largest absolute Gasteiger partial charge is 0.316 e. The van der Waals surface area contributed by atoms with Crippen LogP contribution in [-0.4, -0.2) is 13.1 Å². The van der Waals surface area contributed by atoms with Gasteiger partial charge in [-0.15, -0.1) is 0 Å². The van der Waals surface area contributed by atoms with E-state index in [0.29, 0.717) is 5.41 Å². The third-order valence-corrected chi connectivity index (χ3v) is 4.28. The van der Waals surface area contributed by atoms with Gasteiger partial charge in [-0.2, -0.15) is 0 Å². The Bertz CT molecular complexity index is 385. The zero-order chi connectivity index (χ0) is 14.5. The molecule has 0 fully saturated rings. The van der Waals surface area contributed by atoms with Crippen LogP contribution in [0, 0.1) is 26.2 Å².